The maximum atomic E-state index is 11.4. The summed E-state index contributed by atoms with van der Waals surface area (Å²) in [4.78, 5) is 11.4. The van der Waals surface area contributed by atoms with Crippen LogP contribution in [-0.2, 0) is 22.4 Å². The minimum Gasteiger partial charge on any atom is -0.504 e. The van der Waals surface area contributed by atoms with Crippen LogP contribution in [0.25, 0.3) is 0 Å². The van der Waals surface area contributed by atoms with Crippen molar-refractivity contribution in [2.24, 2.45) is 23.7 Å². The van der Waals surface area contributed by atoms with Crippen molar-refractivity contribution in [2.75, 3.05) is 7.11 Å². The van der Waals surface area contributed by atoms with E-state index in [1.54, 1.807) is 18.2 Å². The first kappa shape index (κ1) is 35.0. The number of Topliss-reactive ketones (excluding diaryl/α,β-unsaturated/α-hetero) is 1. The summed E-state index contributed by atoms with van der Waals surface area (Å²) in [6, 6.07) is 18.9. The number of aryl methyl sites for hydroxylation is 2. The minimum absolute atomic E-state index is 0.497. The zero-order valence-electron chi connectivity index (χ0n) is 29.6. The van der Waals surface area contributed by atoms with Gasteiger partial charge in [-0.05, 0) is 166 Å². The average Bonchev–Trinajstić information content (AvgIpc) is 3.11. The van der Waals surface area contributed by atoms with Gasteiger partial charge in [0.1, 0.15) is 5.78 Å². The number of hydrogen-bond acceptors (Lipinski definition) is 2. The van der Waals surface area contributed by atoms with Crippen molar-refractivity contribution in [1.29, 1.82) is 0 Å². The van der Waals surface area contributed by atoms with E-state index in [2.05, 4.69) is 62.4 Å². The van der Waals surface area contributed by atoms with E-state index >= 15 is 0 Å². The molecule has 0 aliphatic heterocycles. The third-order valence-corrected chi connectivity index (χ3v) is 12.4. The normalized spacial score (nSPS) is 27.4. The Morgan fingerprint density at radius 1 is 0.543 bits per heavy atom. The lowest BCUT2D eigenvalue weighted by Crippen LogP contribution is -2.25. The molecule has 2 aromatic carbocycles. The fraction of sp³-hybridized carbons (Fsp3) is 0.659. The number of allylic oxidation sites excluding steroid dienone is 1. The first-order valence-corrected chi connectivity index (χ1v) is 19.5. The molecular weight excluding hydrogens is 560 g/mol. The van der Waals surface area contributed by atoms with E-state index in [9.17, 15) is 4.79 Å². The van der Waals surface area contributed by atoms with E-state index < -0.39 is 0 Å². The largest absolute Gasteiger partial charge is 0.504 e. The molecule has 46 heavy (non-hydrogen) atoms. The van der Waals surface area contributed by atoms with Crippen molar-refractivity contribution in [3.8, 4) is 0 Å². The Morgan fingerprint density at radius 2 is 0.913 bits per heavy atom. The van der Waals surface area contributed by atoms with Crippen LogP contribution in [0.1, 0.15) is 164 Å². The molecule has 0 N–H and O–H groups in total. The van der Waals surface area contributed by atoms with Crippen LogP contribution in [0, 0.1) is 23.7 Å². The van der Waals surface area contributed by atoms with Gasteiger partial charge in [-0.15, -0.1) is 0 Å². The molecule has 4 aliphatic carbocycles. The maximum Gasteiger partial charge on any atom is 0.132 e. The summed E-state index contributed by atoms with van der Waals surface area (Å²) >= 11 is 0. The number of ether oxygens (including phenoxy) is 1. The van der Waals surface area contributed by atoms with Crippen molar-refractivity contribution in [1.82, 2.24) is 0 Å². The van der Waals surface area contributed by atoms with Crippen LogP contribution in [0.5, 0.6) is 0 Å². The number of carbonyl (C=O) groups excluding carboxylic acids is 1. The van der Waals surface area contributed by atoms with E-state index in [-0.39, 0.29) is 0 Å². The molecule has 2 aromatic rings. The highest BCUT2D eigenvalue weighted by atomic mass is 16.5. The number of methoxy groups -OCH3 is 1. The molecule has 0 saturated heterocycles. The number of rotatable bonds is 9. The molecule has 6 rings (SSSR count). The van der Waals surface area contributed by atoms with Crippen molar-refractivity contribution < 1.29 is 9.53 Å². The van der Waals surface area contributed by atoms with Crippen LogP contribution in [-0.4, -0.2) is 12.9 Å². The summed E-state index contributed by atoms with van der Waals surface area (Å²) < 4.78 is 5.19. The van der Waals surface area contributed by atoms with Crippen LogP contribution < -0.4 is 0 Å². The second kappa shape index (κ2) is 18.3. The van der Waals surface area contributed by atoms with E-state index in [0.29, 0.717) is 5.78 Å². The molecule has 4 fully saturated rings. The van der Waals surface area contributed by atoms with Gasteiger partial charge in [0.25, 0.3) is 0 Å². The molecule has 0 bridgehead atoms. The van der Waals surface area contributed by atoms with Gasteiger partial charge in [0.15, 0.2) is 0 Å². The van der Waals surface area contributed by atoms with Gasteiger partial charge >= 0.3 is 0 Å². The molecule has 252 valence electrons. The Labute approximate surface area is 282 Å². The standard InChI is InChI=1S/C23H34O.C21H30O/c1-3-4-18-5-9-20(10-6-18)22-13-15-23(16-14-22)21-11-7-19(8-12-21)17-24-2;1-2-3-16-4-6-17(7-5-16)18-8-10-19(11-9-18)20-12-14-21(22)15-13-20/h5-6,9-10,17,21-23H,3-4,7-8,11-16H2,1-2H3;4-7,18-20H,2-3,8-15H2,1H3. The molecule has 4 saturated carbocycles. The monoisotopic (exact) mass is 624 g/mol. The van der Waals surface area contributed by atoms with E-state index in [0.717, 1.165) is 48.3 Å². The zero-order chi connectivity index (χ0) is 32.1. The van der Waals surface area contributed by atoms with Gasteiger partial charge in [-0.3, -0.25) is 4.79 Å². The van der Waals surface area contributed by atoms with Crippen molar-refractivity contribution in [3.05, 3.63) is 82.6 Å². The fourth-order valence-corrected chi connectivity index (χ4v) is 9.54. The molecular formula is C44H64O2. The predicted molar refractivity (Wildman–Crippen MR) is 194 cm³/mol. The van der Waals surface area contributed by atoms with Gasteiger partial charge in [0, 0.05) is 12.8 Å². The minimum atomic E-state index is 0.497. The fourth-order valence-electron chi connectivity index (χ4n) is 9.54. The quantitative estimate of drug-likeness (QED) is 0.259. The summed E-state index contributed by atoms with van der Waals surface area (Å²) in [5, 5.41) is 0. The number of carbonyl (C=O) groups is 1. The number of ketones is 1. The summed E-state index contributed by atoms with van der Waals surface area (Å²) in [5.74, 6) is 5.75. The Kier molecular flexibility index (Phi) is 13.9. The van der Waals surface area contributed by atoms with Crippen LogP contribution in [0.2, 0.25) is 0 Å². The lowest BCUT2D eigenvalue weighted by atomic mass is 9.69. The first-order chi connectivity index (χ1) is 22.6. The molecule has 0 atom stereocenters. The van der Waals surface area contributed by atoms with Crippen molar-refractivity contribution in [3.63, 3.8) is 0 Å². The molecule has 0 heterocycles. The SMILES string of the molecule is CCCc1ccc(C2CCC(C3CCC(=COC)CC3)CC2)cc1.CCCc1ccc(C2CCC(C3CCC(=O)CC3)CC2)cc1. The average molecular weight is 625 g/mol. The third kappa shape index (κ3) is 10.1. The van der Waals surface area contributed by atoms with Gasteiger partial charge in [-0.25, -0.2) is 0 Å². The topological polar surface area (TPSA) is 26.3 Å². The second-order valence-electron chi connectivity index (χ2n) is 15.4. The number of hydrogen-bond donors (Lipinski definition) is 0. The highest BCUT2D eigenvalue weighted by Crippen LogP contribution is 2.44. The second-order valence-corrected chi connectivity index (χ2v) is 15.4. The summed E-state index contributed by atoms with van der Waals surface area (Å²) in [6.45, 7) is 4.50. The van der Waals surface area contributed by atoms with E-state index in [4.69, 9.17) is 4.74 Å². The predicted octanol–water partition coefficient (Wildman–Crippen LogP) is 12.3. The smallest absolute Gasteiger partial charge is 0.132 e. The van der Waals surface area contributed by atoms with Crippen LogP contribution in [0.4, 0.5) is 0 Å². The van der Waals surface area contributed by atoms with E-state index in [1.807, 2.05) is 6.26 Å². The van der Waals surface area contributed by atoms with Crippen molar-refractivity contribution >= 4 is 5.78 Å². The summed E-state index contributed by atoms with van der Waals surface area (Å²) in [5.41, 5.74) is 7.64. The summed E-state index contributed by atoms with van der Waals surface area (Å²) in [6.07, 6.45) is 27.3. The van der Waals surface area contributed by atoms with Crippen LogP contribution >= 0.6 is 0 Å². The number of benzene rings is 2. The molecule has 4 aliphatic rings. The zero-order valence-corrected chi connectivity index (χ0v) is 29.6. The molecule has 0 aromatic heterocycles. The first-order valence-electron chi connectivity index (χ1n) is 19.5. The van der Waals surface area contributed by atoms with Gasteiger partial charge in [0.05, 0.1) is 13.4 Å². The highest BCUT2D eigenvalue weighted by molar-refractivity contribution is 5.79. The maximum absolute atomic E-state index is 11.4. The van der Waals surface area contributed by atoms with Crippen LogP contribution in [0.3, 0.4) is 0 Å². The van der Waals surface area contributed by atoms with Gasteiger partial charge in [-0.2, -0.15) is 0 Å². The lowest BCUT2D eigenvalue weighted by Gasteiger charge is -2.36. The van der Waals surface area contributed by atoms with E-state index in [1.165, 1.54) is 132 Å². The molecule has 2 heteroatoms. The molecule has 0 amide bonds. The van der Waals surface area contributed by atoms with Gasteiger partial charge < -0.3 is 4.74 Å². The Morgan fingerprint density at radius 3 is 1.28 bits per heavy atom. The third-order valence-electron chi connectivity index (χ3n) is 12.4. The molecule has 2 nitrogen and oxygen atoms in total. The summed E-state index contributed by atoms with van der Waals surface area (Å²) in [7, 11) is 1.77. The Hall–Kier alpha value is -2.35. The van der Waals surface area contributed by atoms with Gasteiger partial charge in [-0.1, -0.05) is 75.2 Å². The molecule has 0 radical (unpaired) electrons. The highest BCUT2D eigenvalue weighted by Gasteiger charge is 2.31. The molecule has 0 spiro atoms. The molecule has 0 unspecified atom stereocenters. The van der Waals surface area contributed by atoms with Crippen molar-refractivity contribution in [2.45, 2.75) is 154 Å². The Bertz CT molecular complexity index is 1170. The lowest BCUT2D eigenvalue weighted by molar-refractivity contribution is -0.121. The van der Waals surface area contributed by atoms with Gasteiger partial charge in [0.2, 0.25) is 0 Å². The van der Waals surface area contributed by atoms with Crippen LogP contribution in [0.15, 0.2) is 60.4 Å². The Balaban J connectivity index is 0.000000182.